The van der Waals surface area contributed by atoms with E-state index in [1.807, 2.05) is 12.4 Å². The molecule has 0 aromatic rings. The van der Waals surface area contributed by atoms with Gasteiger partial charge >= 0.3 is 0 Å². The van der Waals surface area contributed by atoms with E-state index >= 15 is 0 Å². The van der Waals surface area contributed by atoms with Crippen LogP contribution in [0.3, 0.4) is 0 Å². The fraction of sp³-hybridized carbons (Fsp3) is 0.333. The van der Waals surface area contributed by atoms with Crippen LogP contribution in [0.1, 0.15) is 13.8 Å². The van der Waals surface area contributed by atoms with Crippen molar-refractivity contribution in [1.29, 1.82) is 5.41 Å². The average molecular weight is 163 g/mol. The number of nitrogens with zero attached hydrogens (tertiary/aromatic N) is 1. The van der Waals surface area contributed by atoms with Gasteiger partial charge in [-0.1, -0.05) is 13.8 Å². The summed E-state index contributed by atoms with van der Waals surface area (Å²) >= 11 is 0. The van der Waals surface area contributed by atoms with E-state index in [4.69, 9.17) is 5.41 Å². The Bertz CT molecular complexity index is 259. The van der Waals surface area contributed by atoms with Crippen LogP contribution >= 0.6 is 0 Å². The highest BCUT2D eigenvalue weighted by Crippen LogP contribution is 2.10. The Labute approximate surface area is 72.4 Å². The number of rotatable bonds is 2. The van der Waals surface area contributed by atoms with Crippen molar-refractivity contribution < 1.29 is 0 Å². The first-order valence-electron chi connectivity index (χ1n) is 3.95. The largest absolute Gasteiger partial charge is 0.346 e. The van der Waals surface area contributed by atoms with Crippen molar-refractivity contribution in [3.63, 3.8) is 0 Å². The zero-order valence-corrected chi connectivity index (χ0v) is 7.33. The van der Waals surface area contributed by atoms with Gasteiger partial charge in [-0.05, 0) is 17.6 Å². The summed E-state index contributed by atoms with van der Waals surface area (Å²) in [6, 6.07) is 0. The first kappa shape index (κ1) is 8.71. The minimum Gasteiger partial charge on any atom is -0.346 e. The molecule has 0 unspecified atom stereocenters. The monoisotopic (exact) mass is 163 g/mol. The van der Waals surface area contributed by atoms with Crippen LogP contribution in [0.5, 0.6) is 0 Å². The van der Waals surface area contributed by atoms with Gasteiger partial charge in [0.2, 0.25) is 0 Å². The van der Waals surface area contributed by atoms with Crippen molar-refractivity contribution in [2.24, 2.45) is 10.9 Å². The fourth-order valence-electron chi connectivity index (χ4n) is 0.862. The predicted molar refractivity (Wildman–Crippen MR) is 51.4 cm³/mol. The molecule has 0 amide bonds. The third kappa shape index (κ3) is 2.05. The minimum atomic E-state index is 0.489. The Balaban J connectivity index is 2.67. The minimum absolute atomic E-state index is 0.489. The van der Waals surface area contributed by atoms with Gasteiger partial charge in [-0.2, -0.15) is 0 Å². The van der Waals surface area contributed by atoms with E-state index in [2.05, 4.69) is 24.2 Å². The maximum Gasteiger partial charge on any atom is 0.131 e. The Hall–Kier alpha value is -1.38. The molecule has 0 bridgehead atoms. The lowest BCUT2D eigenvalue weighted by Crippen LogP contribution is -2.12. The maximum atomic E-state index is 6.84. The molecule has 0 aliphatic carbocycles. The Morgan fingerprint density at radius 2 is 2.33 bits per heavy atom. The van der Waals surface area contributed by atoms with Crippen molar-refractivity contribution >= 4 is 12.4 Å². The van der Waals surface area contributed by atoms with Crippen LogP contribution in [0.15, 0.2) is 28.7 Å². The fourth-order valence-corrected chi connectivity index (χ4v) is 0.862. The molecule has 0 saturated carbocycles. The average Bonchev–Trinajstić information content (AvgIpc) is 2.06. The van der Waals surface area contributed by atoms with Gasteiger partial charge in [0.05, 0.1) is 0 Å². The normalized spacial score (nSPS) is 19.2. The summed E-state index contributed by atoms with van der Waals surface area (Å²) < 4.78 is 0. The van der Waals surface area contributed by atoms with Gasteiger partial charge in [0.25, 0.3) is 0 Å². The third-order valence-corrected chi connectivity index (χ3v) is 1.65. The van der Waals surface area contributed by atoms with Crippen LogP contribution < -0.4 is 5.32 Å². The molecule has 0 spiro atoms. The summed E-state index contributed by atoms with van der Waals surface area (Å²) in [7, 11) is 0. The van der Waals surface area contributed by atoms with Crippen molar-refractivity contribution in [2.45, 2.75) is 13.8 Å². The molecule has 0 atom stereocenters. The van der Waals surface area contributed by atoms with Crippen LogP contribution in [-0.2, 0) is 0 Å². The number of allylic oxidation sites excluding steroid dienone is 2. The van der Waals surface area contributed by atoms with E-state index in [0.717, 1.165) is 5.82 Å². The van der Waals surface area contributed by atoms with Crippen molar-refractivity contribution in [2.75, 3.05) is 0 Å². The molecule has 2 N–H and O–H groups in total. The summed E-state index contributed by atoms with van der Waals surface area (Å²) in [6.07, 6.45) is 6.58. The van der Waals surface area contributed by atoms with Crippen LogP contribution in [0.2, 0.25) is 0 Å². The summed E-state index contributed by atoms with van der Waals surface area (Å²) in [5.41, 5.74) is 1.18. The van der Waals surface area contributed by atoms with Crippen LogP contribution in [-0.4, -0.2) is 12.4 Å². The van der Waals surface area contributed by atoms with Gasteiger partial charge < -0.3 is 10.7 Å². The molecule has 64 valence electrons. The molecule has 12 heavy (non-hydrogen) atoms. The van der Waals surface area contributed by atoms with Gasteiger partial charge in [-0.15, -0.1) is 0 Å². The number of hydrogen-bond acceptors (Lipinski definition) is 3. The molecule has 1 rings (SSSR count). The summed E-state index contributed by atoms with van der Waals surface area (Å²) in [4.78, 5) is 4.13. The SMILES string of the molecule is CC(C)C1=CN/C(=C\C=N)N=C1. The van der Waals surface area contributed by atoms with E-state index < -0.39 is 0 Å². The second kappa shape index (κ2) is 3.85. The highest BCUT2D eigenvalue weighted by molar-refractivity contribution is 5.82. The summed E-state index contributed by atoms with van der Waals surface area (Å²) in [5.74, 6) is 1.21. The first-order valence-corrected chi connectivity index (χ1v) is 3.95. The molecule has 3 nitrogen and oxygen atoms in total. The first-order chi connectivity index (χ1) is 5.74. The molecule has 0 saturated heterocycles. The third-order valence-electron chi connectivity index (χ3n) is 1.65. The topological polar surface area (TPSA) is 48.2 Å². The van der Waals surface area contributed by atoms with Crippen LogP contribution in [0.4, 0.5) is 0 Å². The molecular weight excluding hydrogens is 150 g/mol. The Morgan fingerprint density at radius 1 is 1.58 bits per heavy atom. The van der Waals surface area contributed by atoms with Gasteiger partial charge in [0.1, 0.15) is 5.82 Å². The summed E-state index contributed by atoms with van der Waals surface area (Å²) in [5, 5.41) is 9.84. The van der Waals surface area contributed by atoms with Gasteiger partial charge in [0.15, 0.2) is 0 Å². The lowest BCUT2D eigenvalue weighted by atomic mass is 10.1. The van der Waals surface area contributed by atoms with Crippen molar-refractivity contribution in [1.82, 2.24) is 5.32 Å². The Morgan fingerprint density at radius 3 is 2.75 bits per heavy atom. The van der Waals surface area contributed by atoms with Gasteiger partial charge in [0, 0.05) is 18.6 Å². The van der Waals surface area contributed by atoms with E-state index in [-0.39, 0.29) is 0 Å². The quantitative estimate of drug-likeness (QED) is 0.598. The van der Waals surface area contributed by atoms with Crippen molar-refractivity contribution in [3.05, 3.63) is 23.7 Å². The number of nitrogens with one attached hydrogen (secondary N) is 2. The van der Waals surface area contributed by atoms with Crippen molar-refractivity contribution in [3.8, 4) is 0 Å². The van der Waals surface area contributed by atoms with E-state index in [1.54, 1.807) is 6.08 Å². The highest BCUT2D eigenvalue weighted by Gasteiger charge is 2.04. The van der Waals surface area contributed by atoms with Crippen LogP contribution in [0, 0.1) is 11.3 Å². The zero-order chi connectivity index (χ0) is 8.97. The highest BCUT2D eigenvalue weighted by atomic mass is 15.0. The lowest BCUT2D eigenvalue weighted by molar-refractivity contribution is 0.787. The number of hydrogen-bond donors (Lipinski definition) is 2. The summed E-state index contributed by atoms with van der Waals surface area (Å²) in [6.45, 7) is 4.23. The van der Waals surface area contributed by atoms with Gasteiger partial charge in [-0.25, -0.2) is 4.99 Å². The predicted octanol–water partition coefficient (Wildman–Crippen LogP) is 1.69. The second-order valence-corrected chi connectivity index (χ2v) is 2.92. The molecule has 0 aromatic heterocycles. The smallest absolute Gasteiger partial charge is 0.131 e. The molecule has 1 heterocycles. The Kier molecular flexibility index (Phi) is 2.80. The van der Waals surface area contributed by atoms with Gasteiger partial charge in [-0.3, -0.25) is 0 Å². The zero-order valence-electron chi connectivity index (χ0n) is 7.33. The maximum absolute atomic E-state index is 6.84. The molecular formula is C9H13N3. The lowest BCUT2D eigenvalue weighted by Gasteiger charge is -2.12. The standard InChI is InChI=1S/C9H13N3/c1-7(2)8-5-11-9(3-4-10)12-6-8/h3-7,10-11H,1-2H3/b9-3+,10-4?. The van der Waals surface area contributed by atoms with E-state index in [0.29, 0.717) is 5.92 Å². The van der Waals surface area contributed by atoms with E-state index in [1.165, 1.54) is 11.8 Å². The number of aliphatic imine (C=N–C) groups is 1. The molecule has 0 aromatic carbocycles. The molecule has 1 aliphatic rings. The molecule has 1 aliphatic heterocycles. The molecule has 0 fully saturated rings. The second-order valence-electron chi connectivity index (χ2n) is 2.92. The van der Waals surface area contributed by atoms with Crippen LogP contribution in [0.25, 0.3) is 0 Å². The molecule has 0 radical (unpaired) electrons. The molecule has 3 heteroatoms. The van der Waals surface area contributed by atoms with E-state index in [9.17, 15) is 0 Å².